The highest BCUT2D eigenvalue weighted by Crippen LogP contribution is 2.30. The summed E-state index contributed by atoms with van der Waals surface area (Å²) in [6, 6.07) is 5.71. The maximum Gasteiger partial charge on any atom is 0.261 e. The minimum Gasteiger partial charge on any atom is -0.481 e. The molecule has 2 N–H and O–H groups in total. The van der Waals surface area contributed by atoms with E-state index in [4.69, 9.17) is 10.5 Å². The van der Waals surface area contributed by atoms with Crippen LogP contribution in [0, 0.1) is 5.82 Å². The van der Waals surface area contributed by atoms with Crippen LogP contribution in [0.1, 0.15) is 24.2 Å². The zero-order valence-corrected chi connectivity index (χ0v) is 13.9. The van der Waals surface area contributed by atoms with Gasteiger partial charge in [0.15, 0.2) is 0 Å². The van der Waals surface area contributed by atoms with Crippen molar-refractivity contribution in [3.05, 3.63) is 51.7 Å². The lowest BCUT2D eigenvalue weighted by molar-refractivity contribution is 0.395. The van der Waals surface area contributed by atoms with Gasteiger partial charge in [-0.05, 0) is 30.7 Å². The van der Waals surface area contributed by atoms with Crippen LogP contribution in [0.4, 0.5) is 4.39 Å². The first-order chi connectivity index (χ1) is 12.0. The van der Waals surface area contributed by atoms with Gasteiger partial charge in [-0.3, -0.25) is 9.36 Å². The smallest absolute Gasteiger partial charge is 0.261 e. The van der Waals surface area contributed by atoms with Gasteiger partial charge < -0.3 is 10.5 Å². The molecule has 25 heavy (non-hydrogen) atoms. The summed E-state index contributed by atoms with van der Waals surface area (Å²) in [6.07, 6.45) is 0.585. The van der Waals surface area contributed by atoms with E-state index in [-0.39, 0.29) is 10.9 Å². The molecule has 0 spiro atoms. The average molecular weight is 340 g/mol. The first-order valence-corrected chi connectivity index (χ1v) is 8.03. The van der Waals surface area contributed by atoms with Gasteiger partial charge in [0, 0.05) is 30.6 Å². The minimum atomic E-state index is -0.484. The average Bonchev–Trinajstić information content (AvgIpc) is 2.61. The molecule has 6 nitrogen and oxygen atoms in total. The van der Waals surface area contributed by atoms with Gasteiger partial charge in [-0.1, -0.05) is 0 Å². The monoisotopic (exact) mass is 340 g/mol. The van der Waals surface area contributed by atoms with E-state index in [9.17, 15) is 9.18 Å². The number of benzene rings is 1. The van der Waals surface area contributed by atoms with E-state index in [0.717, 1.165) is 11.3 Å². The molecule has 4 rings (SSSR count). The molecule has 3 aromatic rings. The van der Waals surface area contributed by atoms with Crippen LogP contribution < -0.4 is 16.0 Å². The topological polar surface area (TPSA) is 83.0 Å². The quantitative estimate of drug-likeness (QED) is 0.773. The van der Waals surface area contributed by atoms with Gasteiger partial charge in [-0.2, -0.15) is 0 Å². The highest BCUT2D eigenvalue weighted by atomic mass is 19.1. The van der Waals surface area contributed by atoms with E-state index < -0.39 is 11.9 Å². The molecular formula is C18H17FN4O2. The number of nitrogens with zero attached hydrogens (tertiary/aromatic N) is 3. The summed E-state index contributed by atoms with van der Waals surface area (Å²) in [5.41, 5.74) is 8.27. The lowest BCUT2D eigenvalue weighted by atomic mass is 10.0. The van der Waals surface area contributed by atoms with Crippen LogP contribution in [0.5, 0.6) is 5.88 Å². The lowest BCUT2D eigenvalue weighted by Gasteiger charge is -2.22. The van der Waals surface area contributed by atoms with Crippen molar-refractivity contribution in [2.75, 3.05) is 7.11 Å². The van der Waals surface area contributed by atoms with Gasteiger partial charge in [0.2, 0.25) is 5.88 Å². The number of halogens is 1. The van der Waals surface area contributed by atoms with E-state index in [1.807, 2.05) is 6.07 Å². The van der Waals surface area contributed by atoms with E-state index in [0.29, 0.717) is 35.8 Å². The third-order valence-corrected chi connectivity index (χ3v) is 4.51. The molecule has 0 amide bonds. The van der Waals surface area contributed by atoms with E-state index >= 15 is 0 Å². The minimum absolute atomic E-state index is 0.251. The van der Waals surface area contributed by atoms with Gasteiger partial charge in [-0.25, -0.2) is 14.4 Å². The highest BCUT2D eigenvalue weighted by molar-refractivity contribution is 5.84. The fourth-order valence-electron chi connectivity index (χ4n) is 3.28. The summed E-state index contributed by atoms with van der Waals surface area (Å²) < 4.78 is 20.7. The maximum absolute atomic E-state index is 13.9. The second-order valence-electron chi connectivity index (χ2n) is 6.17. The van der Waals surface area contributed by atoms with Gasteiger partial charge in [-0.15, -0.1) is 0 Å². The van der Waals surface area contributed by atoms with Gasteiger partial charge >= 0.3 is 0 Å². The zero-order chi connectivity index (χ0) is 17.7. The van der Waals surface area contributed by atoms with Crippen LogP contribution in [0.2, 0.25) is 0 Å². The number of fused-ring (bicyclic) bond motifs is 4. The summed E-state index contributed by atoms with van der Waals surface area (Å²) >= 11 is 0. The number of pyridine rings is 1. The molecule has 1 aliphatic rings. The van der Waals surface area contributed by atoms with Crippen molar-refractivity contribution in [2.45, 2.75) is 25.9 Å². The van der Waals surface area contributed by atoms with Crippen LogP contribution >= 0.6 is 0 Å². The molecule has 0 bridgehead atoms. The van der Waals surface area contributed by atoms with Gasteiger partial charge in [0.05, 0.1) is 23.7 Å². The second-order valence-corrected chi connectivity index (χ2v) is 6.17. The molecule has 128 valence electrons. The Balaban J connectivity index is 2.07. The Labute approximate surface area is 143 Å². The summed E-state index contributed by atoms with van der Waals surface area (Å²) in [5, 5.41) is 0.251. The Morgan fingerprint density at radius 2 is 2.12 bits per heavy atom. The number of rotatable bonds is 2. The van der Waals surface area contributed by atoms with Gasteiger partial charge in [0.1, 0.15) is 11.6 Å². The molecule has 1 atom stereocenters. The predicted molar refractivity (Wildman–Crippen MR) is 92.1 cm³/mol. The number of nitrogens with two attached hydrogens (primary N) is 1. The van der Waals surface area contributed by atoms with E-state index in [1.54, 1.807) is 24.7 Å². The number of ether oxygens (including phenoxy) is 1. The Kier molecular flexibility index (Phi) is 3.54. The Hall–Kier alpha value is -2.80. The number of aromatic nitrogens is 3. The third kappa shape index (κ3) is 2.39. The zero-order valence-electron chi connectivity index (χ0n) is 13.9. The van der Waals surface area contributed by atoms with Crippen molar-refractivity contribution < 1.29 is 9.13 Å². The van der Waals surface area contributed by atoms with Crippen LogP contribution in [-0.4, -0.2) is 21.6 Å². The first kappa shape index (κ1) is 15.7. The van der Waals surface area contributed by atoms with Crippen molar-refractivity contribution in [3.8, 4) is 17.3 Å². The molecule has 0 saturated carbocycles. The summed E-state index contributed by atoms with van der Waals surface area (Å²) in [5.74, 6) is 0.568. The molecule has 7 heteroatoms. The van der Waals surface area contributed by atoms with Crippen molar-refractivity contribution in [2.24, 2.45) is 5.73 Å². The van der Waals surface area contributed by atoms with E-state index in [2.05, 4.69) is 9.97 Å². The van der Waals surface area contributed by atoms with Crippen molar-refractivity contribution in [3.63, 3.8) is 0 Å². The standard InChI is InChI=1S/C18H17FN4O2/c1-9(20)12-7-10(19)8-13-16(12)22-17-11-3-4-15(25-2)21-14(11)5-6-23(17)18(13)24/h3-4,7-9H,5-6,20H2,1-2H3/t9-/m1/s1. The van der Waals surface area contributed by atoms with Gasteiger partial charge in [0.25, 0.3) is 5.56 Å². The molecule has 0 aliphatic carbocycles. The molecule has 1 aliphatic heterocycles. The molecule has 0 unspecified atom stereocenters. The van der Waals surface area contributed by atoms with Crippen molar-refractivity contribution in [1.29, 1.82) is 0 Å². The second kappa shape index (κ2) is 5.63. The van der Waals surface area contributed by atoms with Crippen LogP contribution in [-0.2, 0) is 13.0 Å². The summed E-state index contributed by atoms with van der Waals surface area (Å²) in [4.78, 5) is 22.0. The van der Waals surface area contributed by atoms with Crippen molar-refractivity contribution >= 4 is 10.9 Å². The molecule has 2 aromatic heterocycles. The molecule has 0 saturated heterocycles. The maximum atomic E-state index is 13.9. The Morgan fingerprint density at radius 1 is 1.32 bits per heavy atom. The fraction of sp³-hybridized carbons (Fsp3) is 0.278. The molecule has 0 radical (unpaired) electrons. The summed E-state index contributed by atoms with van der Waals surface area (Å²) in [6.45, 7) is 2.18. The van der Waals surface area contributed by atoms with E-state index in [1.165, 1.54) is 12.1 Å². The number of methoxy groups -OCH3 is 1. The summed E-state index contributed by atoms with van der Waals surface area (Å²) in [7, 11) is 1.56. The SMILES string of the molecule is COc1ccc2c(n1)CCn1c-2nc2c([C@@H](C)N)cc(F)cc2c1=O. The molecule has 0 fully saturated rings. The number of hydrogen-bond acceptors (Lipinski definition) is 5. The lowest BCUT2D eigenvalue weighted by Crippen LogP contribution is -2.28. The molecule has 3 heterocycles. The first-order valence-electron chi connectivity index (χ1n) is 8.03. The highest BCUT2D eigenvalue weighted by Gasteiger charge is 2.23. The normalized spacial score (nSPS) is 14.1. The fourth-order valence-corrected chi connectivity index (χ4v) is 3.28. The largest absolute Gasteiger partial charge is 0.481 e. The van der Waals surface area contributed by atoms with Crippen LogP contribution in [0.25, 0.3) is 22.3 Å². The van der Waals surface area contributed by atoms with Crippen LogP contribution in [0.3, 0.4) is 0 Å². The molecule has 1 aromatic carbocycles. The number of hydrogen-bond donors (Lipinski definition) is 1. The molecular weight excluding hydrogens is 323 g/mol. The predicted octanol–water partition coefficient (Wildman–Crippen LogP) is 2.18. The third-order valence-electron chi connectivity index (χ3n) is 4.51. The Morgan fingerprint density at radius 3 is 2.84 bits per heavy atom. The van der Waals surface area contributed by atoms with Crippen molar-refractivity contribution in [1.82, 2.24) is 14.5 Å². The number of aryl methyl sites for hydroxylation is 1. The van der Waals surface area contributed by atoms with Crippen LogP contribution in [0.15, 0.2) is 29.1 Å². The Bertz CT molecular complexity index is 1060.